The maximum absolute atomic E-state index is 13.7. The highest BCUT2D eigenvalue weighted by Crippen LogP contribution is 2.22. The van der Waals surface area contributed by atoms with Gasteiger partial charge in [-0.2, -0.15) is 0 Å². The molecule has 2 atom stereocenters. The van der Waals surface area contributed by atoms with Crippen LogP contribution >= 0.6 is 0 Å². The zero-order valence-corrected chi connectivity index (χ0v) is 13.5. The Balaban J connectivity index is 2.51. The fraction of sp³-hybridized carbons (Fsp3) is 0.588. The fourth-order valence-corrected chi connectivity index (χ4v) is 2.20. The van der Waals surface area contributed by atoms with E-state index in [-0.39, 0.29) is 23.7 Å². The topological polar surface area (TPSA) is 46.3 Å². The van der Waals surface area contributed by atoms with E-state index < -0.39 is 0 Å². The Labute approximate surface area is 127 Å². The summed E-state index contributed by atoms with van der Waals surface area (Å²) in [4.78, 5) is 13.9. The lowest BCUT2D eigenvalue weighted by Crippen LogP contribution is -2.35. The Hall–Kier alpha value is -1.42. The number of amides is 1. The van der Waals surface area contributed by atoms with Gasteiger partial charge in [-0.25, -0.2) is 4.39 Å². The molecule has 0 aliphatic rings. The Morgan fingerprint density at radius 1 is 1.29 bits per heavy atom. The van der Waals surface area contributed by atoms with E-state index in [9.17, 15) is 9.18 Å². The van der Waals surface area contributed by atoms with Crippen molar-refractivity contribution in [2.45, 2.75) is 45.6 Å². The molecule has 0 spiro atoms. The van der Waals surface area contributed by atoms with Gasteiger partial charge < -0.3 is 10.6 Å². The number of hydrogen-bond donors (Lipinski definition) is 1. The molecule has 1 aromatic carbocycles. The first kappa shape index (κ1) is 17.6. The SMILES string of the molecule is CC(CC(=O)N(C)CCC(N)C(C)C)c1ccccc1F. The van der Waals surface area contributed by atoms with E-state index in [1.807, 2.05) is 6.92 Å². The van der Waals surface area contributed by atoms with Gasteiger partial charge in [-0.3, -0.25) is 4.79 Å². The van der Waals surface area contributed by atoms with Crippen molar-refractivity contribution >= 4 is 5.91 Å². The lowest BCUT2D eigenvalue weighted by molar-refractivity contribution is -0.130. The first-order chi connectivity index (χ1) is 9.82. The summed E-state index contributed by atoms with van der Waals surface area (Å²) in [5.74, 6) is 0.0646. The van der Waals surface area contributed by atoms with Crippen LogP contribution in [0.4, 0.5) is 4.39 Å². The molecule has 0 fully saturated rings. The number of carbonyl (C=O) groups is 1. The summed E-state index contributed by atoms with van der Waals surface area (Å²) in [5, 5.41) is 0. The molecule has 0 aromatic heterocycles. The molecule has 0 radical (unpaired) electrons. The van der Waals surface area contributed by atoms with Crippen molar-refractivity contribution in [2.75, 3.05) is 13.6 Å². The van der Waals surface area contributed by atoms with E-state index in [0.717, 1.165) is 6.42 Å². The molecule has 0 bridgehead atoms. The van der Waals surface area contributed by atoms with Crippen LogP contribution in [-0.4, -0.2) is 30.4 Å². The highest BCUT2D eigenvalue weighted by molar-refractivity contribution is 5.76. The van der Waals surface area contributed by atoms with Crippen LogP contribution in [0.2, 0.25) is 0 Å². The average molecular weight is 294 g/mol. The average Bonchev–Trinajstić information content (AvgIpc) is 2.44. The first-order valence-electron chi connectivity index (χ1n) is 7.56. The lowest BCUT2D eigenvalue weighted by Gasteiger charge is -2.23. The number of carbonyl (C=O) groups excluding carboxylic acids is 1. The van der Waals surface area contributed by atoms with Crippen molar-refractivity contribution in [3.8, 4) is 0 Å². The largest absolute Gasteiger partial charge is 0.346 e. The van der Waals surface area contributed by atoms with Crippen LogP contribution in [0.3, 0.4) is 0 Å². The van der Waals surface area contributed by atoms with Crippen LogP contribution in [0.25, 0.3) is 0 Å². The Morgan fingerprint density at radius 3 is 2.48 bits per heavy atom. The molecule has 21 heavy (non-hydrogen) atoms. The van der Waals surface area contributed by atoms with Gasteiger partial charge in [0.25, 0.3) is 0 Å². The van der Waals surface area contributed by atoms with Gasteiger partial charge in [0.05, 0.1) is 0 Å². The van der Waals surface area contributed by atoms with Gasteiger partial charge in [0.15, 0.2) is 0 Å². The molecule has 0 saturated carbocycles. The minimum absolute atomic E-state index is 0.0294. The van der Waals surface area contributed by atoms with Crippen molar-refractivity contribution in [1.82, 2.24) is 4.90 Å². The second kappa shape index (κ2) is 8.13. The van der Waals surface area contributed by atoms with Crippen molar-refractivity contribution in [3.05, 3.63) is 35.6 Å². The van der Waals surface area contributed by atoms with Crippen LogP contribution in [0.1, 0.15) is 45.1 Å². The summed E-state index contributed by atoms with van der Waals surface area (Å²) in [6.45, 7) is 6.67. The standard InChI is InChI=1S/C17H27FN2O/c1-12(2)16(19)9-10-20(4)17(21)11-13(3)14-7-5-6-8-15(14)18/h5-8,12-13,16H,9-11,19H2,1-4H3. The minimum Gasteiger partial charge on any atom is -0.346 e. The van der Waals surface area contributed by atoms with Gasteiger partial charge in [-0.15, -0.1) is 0 Å². The molecule has 2 unspecified atom stereocenters. The van der Waals surface area contributed by atoms with Crippen molar-refractivity contribution in [1.29, 1.82) is 0 Å². The van der Waals surface area contributed by atoms with E-state index >= 15 is 0 Å². The lowest BCUT2D eigenvalue weighted by atomic mass is 9.96. The normalized spacial score (nSPS) is 14.0. The second-order valence-corrected chi connectivity index (χ2v) is 6.14. The van der Waals surface area contributed by atoms with Gasteiger partial charge in [-0.05, 0) is 29.9 Å². The molecule has 1 aromatic rings. The molecule has 3 nitrogen and oxygen atoms in total. The third-order valence-corrected chi connectivity index (χ3v) is 4.00. The number of halogens is 1. The highest BCUT2D eigenvalue weighted by atomic mass is 19.1. The Kier molecular flexibility index (Phi) is 6.82. The van der Waals surface area contributed by atoms with Crippen molar-refractivity contribution < 1.29 is 9.18 Å². The first-order valence-corrected chi connectivity index (χ1v) is 7.56. The Morgan fingerprint density at radius 2 is 1.90 bits per heavy atom. The molecule has 0 aliphatic heterocycles. The summed E-state index contributed by atoms with van der Waals surface area (Å²) in [5.41, 5.74) is 6.59. The molecule has 0 heterocycles. The molecule has 0 aliphatic carbocycles. The third-order valence-electron chi connectivity index (χ3n) is 4.00. The number of nitrogens with two attached hydrogens (primary N) is 1. The monoisotopic (exact) mass is 294 g/mol. The second-order valence-electron chi connectivity index (χ2n) is 6.14. The quantitative estimate of drug-likeness (QED) is 0.839. The number of nitrogens with zero attached hydrogens (tertiary/aromatic N) is 1. The summed E-state index contributed by atoms with van der Waals surface area (Å²) in [6, 6.07) is 6.73. The van der Waals surface area contributed by atoms with Crippen LogP contribution in [0.15, 0.2) is 24.3 Å². The van der Waals surface area contributed by atoms with E-state index in [2.05, 4.69) is 13.8 Å². The van der Waals surface area contributed by atoms with Gasteiger partial charge >= 0.3 is 0 Å². The maximum atomic E-state index is 13.7. The van der Waals surface area contributed by atoms with Gasteiger partial charge in [-0.1, -0.05) is 39.0 Å². The molecular formula is C17H27FN2O. The van der Waals surface area contributed by atoms with Gasteiger partial charge in [0.2, 0.25) is 5.91 Å². The van der Waals surface area contributed by atoms with Crippen LogP contribution < -0.4 is 5.73 Å². The number of hydrogen-bond acceptors (Lipinski definition) is 2. The smallest absolute Gasteiger partial charge is 0.222 e. The summed E-state index contributed by atoms with van der Waals surface area (Å²) in [6.07, 6.45) is 1.10. The van der Waals surface area contributed by atoms with E-state index in [4.69, 9.17) is 5.73 Å². The van der Waals surface area contributed by atoms with Gasteiger partial charge in [0, 0.05) is 26.1 Å². The molecule has 1 amide bonds. The Bertz CT molecular complexity index is 462. The molecule has 4 heteroatoms. The number of benzene rings is 1. The number of rotatable bonds is 7. The summed E-state index contributed by atoms with van der Waals surface area (Å²) < 4.78 is 13.7. The van der Waals surface area contributed by atoms with Crippen LogP contribution in [-0.2, 0) is 4.79 Å². The van der Waals surface area contributed by atoms with E-state index in [0.29, 0.717) is 24.4 Å². The molecule has 118 valence electrons. The van der Waals surface area contributed by atoms with E-state index in [1.54, 1.807) is 30.1 Å². The molecule has 2 N–H and O–H groups in total. The molecule has 0 saturated heterocycles. The predicted molar refractivity (Wildman–Crippen MR) is 84.5 cm³/mol. The van der Waals surface area contributed by atoms with Crippen molar-refractivity contribution in [2.24, 2.45) is 11.7 Å². The predicted octanol–water partition coefficient (Wildman–Crippen LogP) is 3.15. The summed E-state index contributed by atoms with van der Waals surface area (Å²) >= 11 is 0. The van der Waals surface area contributed by atoms with E-state index in [1.165, 1.54) is 6.07 Å². The minimum atomic E-state index is -0.248. The third kappa shape index (κ3) is 5.46. The maximum Gasteiger partial charge on any atom is 0.222 e. The van der Waals surface area contributed by atoms with Gasteiger partial charge in [0.1, 0.15) is 5.82 Å². The molecular weight excluding hydrogens is 267 g/mol. The molecule has 1 rings (SSSR count). The summed E-state index contributed by atoms with van der Waals surface area (Å²) in [7, 11) is 1.78. The van der Waals surface area contributed by atoms with Crippen molar-refractivity contribution in [3.63, 3.8) is 0 Å². The zero-order valence-electron chi connectivity index (χ0n) is 13.5. The zero-order chi connectivity index (χ0) is 16.0. The fourth-order valence-electron chi connectivity index (χ4n) is 2.20. The van der Waals surface area contributed by atoms with Crippen LogP contribution in [0.5, 0.6) is 0 Å². The highest BCUT2D eigenvalue weighted by Gasteiger charge is 2.18. The van der Waals surface area contributed by atoms with Crippen LogP contribution in [0, 0.1) is 11.7 Å².